The second kappa shape index (κ2) is 12.3. The van der Waals surface area contributed by atoms with Crippen molar-refractivity contribution in [2.75, 3.05) is 20.1 Å². The molecular weight excluding hydrogens is 452 g/mol. The molecule has 9 nitrogen and oxygen atoms in total. The van der Waals surface area contributed by atoms with E-state index in [1.54, 1.807) is 19.9 Å². The number of hydrogen-bond acceptors (Lipinski definition) is 7. The number of aldehydes is 1. The molecule has 1 amide bonds. The molecule has 1 fully saturated rings. The Kier molecular flexibility index (Phi) is 9.97. The molecule has 0 aromatic heterocycles. The number of hydrogen-bond donors (Lipinski definition) is 3. The number of aliphatic hydroxyl groups is 1. The van der Waals surface area contributed by atoms with Crippen molar-refractivity contribution in [1.29, 1.82) is 0 Å². The molecule has 3 N–H and O–H groups in total. The molecule has 1 heterocycles. The molecule has 2 rings (SSSR count). The number of aliphatic carboxylic acids is 1. The highest BCUT2D eigenvalue weighted by Crippen LogP contribution is 2.37. The van der Waals surface area contributed by atoms with Crippen LogP contribution in [0.4, 0.5) is 0 Å². The lowest BCUT2D eigenvalue weighted by atomic mass is 9.74. The maximum absolute atomic E-state index is 12.6. The Hall–Kier alpha value is -2.78. The van der Waals surface area contributed by atoms with Crippen LogP contribution in [0, 0.1) is 5.92 Å². The zero-order chi connectivity index (χ0) is 26.2. The van der Waals surface area contributed by atoms with Crippen molar-refractivity contribution < 1.29 is 34.1 Å². The Morgan fingerprint density at radius 3 is 2.57 bits per heavy atom. The van der Waals surface area contributed by atoms with Gasteiger partial charge < -0.3 is 30.0 Å². The molecule has 0 spiro atoms. The van der Waals surface area contributed by atoms with E-state index in [2.05, 4.69) is 24.2 Å². The quantitative estimate of drug-likeness (QED) is 0.244. The minimum Gasteiger partial charge on any atom is -0.480 e. The molecule has 194 valence electrons. The van der Waals surface area contributed by atoms with Gasteiger partial charge >= 0.3 is 11.9 Å². The van der Waals surface area contributed by atoms with Crippen LogP contribution in [0.15, 0.2) is 24.3 Å². The van der Waals surface area contributed by atoms with E-state index in [1.165, 1.54) is 0 Å². The molecule has 0 bridgehead atoms. The van der Waals surface area contributed by atoms with Crippen LogP contribution >= 0.6 is 0 Å². The Labute approximate surface area is 206 Å². The summed E-state index contributed by atoms with van der Waals surface area (Å²) in [5.74, 6) is -3.05. The fraction of sp³-hybridized carbons (Fsp3) is 0.615. The van der Waals surface area contributed by atoms with Gasteiger partial charge in [-0.25, -0.2) is 4.79 Å². The Bertz CT molecular complexity index is 919. The summed E-state index contributed by atoms with van der Waals surface area (Å²) in [6.07, 6.45) is 2.82. The second-order valence-electron chi connectivity index (χ2n) is 10.0. The third-order valence-corrected chi connectivity index (χ3v) is 6.76. The molecule has 3 atom stereocenters. The highest BCUT2D eigenvalue weighted by molar-refractivity contribution is 5.88. The number of benzene rings is 1. The molecule has 0 aliphatic carbocycles. The van der Waals surface area contributed by atoms with Crippen molar-refractivity contribution in [3.05, 3.63) is 29.8 Å². The monoisotopic (exact) mass is 490 g/mol. The van der Waals surface area contributed by atoms with Crippen LogP contribution in [0.1, 0.15) is 64.9 Å². The molecule has 1 saturated heterocycles. The third-order valence-electron chi connectivity index (χ3n) is 6.76. The lowest BCUT2D eigenvalue weighted by Gasteiger charge is -2.35. The van der Waals surface area contributed by atoms with Crippen LogP contribution in [0.25, 0.3) is 0 Å². The summed E-state index contributed by atoms with van der Waals surface area (Å²) in [4.78, 5) is 50.0. The number of esters is 1. The number of carbonyl (C=O) groups excluding carboxylic acids is 3. The van der Waals surface area contributed by atoms with Gasteiger partial charge in [-0.3, -0.25) is 9.59 Å². The minimum atomic E-state index is -2.31. The highest BCUT2D eigenvalue weighted by Gasteiger charge is 2.36. The molecule has 0 saturated carbocycles. The summed E-state index contributed by atoms with van der Waals surface area (Å²) in [6.45, 7) is 7.33. The van der Waals surface area contributed by atoms with Gasteiger partial charge in [0.05, 0.1) is 12.8 Å². The average molecular weight is 491 g/mol. The van der Waals surface area contributed by atoms with E-state index in [1.807, 2.05) is 18.2 Å². The lowest BCUT2D eigenvalue weighted by Crippen LogP contribution is -2.48. The van der Waals surface area contributed by atoms with Crippen molar-refractivity contribution in [2.24, 2.45) is 5.92 Å². The van der Waals surface area contributed by atoms with Crippen LogP contribution in [0.2, 0.25) is 0 Å². The molecule has 1 aromatic rings. The lowest BCUT2D eigenvalue weighted by molar-refractivity contribution is -0.148. The van der Waals surface area contributed by atoms with E-state index in [-0.39, 0.29) is 11.7 Å². The van der Waals surface area contributed by atoms with Crippen molar-refractivity contribution in [3.63, 3.8) is 0 Å². The van der Waals surface area contributed by atoms with Crippen molar-refractivity contribution >= 4 is 24.1 Å². The van der Waals surface area contributed by atoms with Crippen molar-refractivity contribution in [3.8, 4) is 5.75 Å². The third kappa shape index (κ3) is 7.86. The molecular formula is C26H38N2O7. The first-order valence-corrected chi connectivity index (χ1v) is 12.1. The zero-order valence-electron chi connectivity index (χ0n) is 21.1. The van der Waals surface area contributed by atoms with Crippen LogP contribution in [0.3, 0.4) is 0 Å². The number of likely N-dealkylation sites (tertiary alicyclic amines) is 1. The standard InChI is InChI=1S/C26H38N2O7/c1-5-25(11-6-7-12-28(4)16-25)19-9-8-10-20(13-19)35-22(31)15-26(34,17-29)14-21(30)27-23(18(2)3)24(32)33/h8-10,13,17-18,23,34H,5-7,11-12,14-16H2,1-4H3,(H,27,30)(H,32,33)/t23-,25?,26+/m0/s1. The molecule has 9 heteroatoms. The largest absolute Gasteiger partial charge is 0.480 e. The fourth-order valence-electron chi connectivity index (χ4n) is 4.72. The Balaban J connectivity index is 2.09. The summed E-state index contributed by atoms with van der Waals surface area (Å²) in [7, 11) is 2.11. The normalized spacial score (nSPS) is 21.4. The number of nitrogens with one attached hydrogen (secondary N) is 1. The first-order valence-electron chi connectivity index (χ1n) is 12.1. The van der Waals surface area contributed by atoms with Gasteiger partial charge in [0, 0.05) is 12.0 Å². The number of rotatable bonds is 11. The van der Waals surface area contributed by atoms with Crippen LogP contribution in [0.5, 0.6) is 5.75 Å². The maximum Gasteiger partial charge on any atom is 0.326 e. The predicted octanol–water partition coefficient (Wildman–Crippen LogP) is 2.29. The van der Waals surface area contributed by atoms with E-state index in [0.29, 0.717) is 5.75 Å². The van der Waals surface area contributed by atoms with Gasteiger partial charge in [0.1, 0.15) is 17.4 Å². The van der Waals surface area contributed by atoms with E-state index in [4.69, 9.17) is 4.74 Å². The van der Waals surface area contributed by atoms with Gasteiger partial charge in [0.15, 0.2) is 6.29 Å². The van der Waals surface area contributed by atoms with Gasteiger partial charge in [-0.05, 0) is 56.5 Å². The van der Waals surface area contributed by atoms with E-state index >= 15 is 0 Å². The van der Waals surface area contributed by atoms with Crippen LogP contribution < -0.4 is 10.1 Å². The Morgan fingerprint density at radius 2 is 1.97 bits per heavy atom. The van der Waals surface area contributed by atoms with Gasteiger partial charge in [0.2, 0.25) is 5.91 Å². The number of ether oxygens (including phenoxy) is 1. The number of carbonyl (C=O) groups is 4. The summed E-state index contributed by atoms with van der Waals surface area (Å²) in [6, 6.07) is 6.13. The average Bonchev–Trinajstić information content (AvgIpc) is 2.99. The molecule has 0 radical (unpaired) electrons. The molecule has 1 unspecified atom stereocenters. The van der Waals surface area contributed by atoms with E-state index < -0.39 is 48.2 Å². The Morgan fingerprint density at radius 1 is 1.26 bits per heavy atom. The highest BCUT2D eigenvalue weighted by atomic mass is 16.5. The summed E-state index contributed by atoms with van der Waals surface area (Å²) < 4.78 is 5.43. The van der Waals surface area contributed by atoms with Crippen LogP contribution in [-0.2, 0) is 24.6 Å². The van der Waals surface area contributed by atoms with Gasteiger partial charge in [0.25, 0.3) is 0 Å². The number of carboxylic acid groups (broad SMARTS) is 1. The fourth-order valence-corrected chi connectivity index (χ4v) is 4.72. The molecule has 1 aliphatic rings. The predicted molar refractivity (Wildman–Crippen MR) is 130 cm³/mol. The first kappa shape index (κ1) is 28.5. The molecule has 35 heavy (non-hydrogen) atoms. The topological polar surface area (TPSA) is 133 Å². The van der Waals surface area contributed by atoms with Gasteiger partial charge in [-0.1, -0.05) is 39.3 Å². The second-order valence-corrected chi connectivity index (χ2v) is 10.0. The summed E-state index contributed by atoms with van der Waals surface area (Å²) in [5, 5.41) is 22.0. The first-order chi connectivity index (χ1) is 16.4. The van der Waals surface area contributed by atoms with Gasteiger partial charge in [-0.15, -0.1) is 0 Å². The van der Waals surface area contributed by atoms with Crippen molar-refractivity contribution in [1.82, 2.24) is 10.2 Å². The minimum absolute atomic E-state index is 0.0631. The van der Waals surface area contributed by atoms with Crippen molar-refractivity contribution in [2.45, 2.75) is 76.4 Å². The van der Waals surface area contributed by atoms with E-state index in [0.717, 1.165) is 44.3 Å². The number of likely N-dealkylation sites (N-methyl/N-ethyl adjacent to an activating group) is 1. The molecule has 1 aliphatic heterocycles. The van der Waals surface area contributed by atoms with E-state index in [9.17, 15) is 29.4 Å². The molecule has 1 aromatic carbocycles. The number of carboxylic acids is 1. The van der Waals surface area contributed by atoms with Gasteiger partial charge in [-0.2, -0.15) is 0 Å². The number of amides is 1. The summed E-state index contributed by atoms with van der Waals surface area (Å²) >= 11 is 0. The maximum atomic E-state index is 12.6. The number of nitrogens with zero attached hydrogens (tertiary/aromatic N) is 1. The zero-order valence-corrected chi connectivity index (χ0v) is 21.1. The smallest absolute Gasteiger partial charge is 0.326 e. The SMILES string of the molecule is CCC1(c2cccc(OC(=O)C[C@@](O)(C=O)CC(=O)N[C@H](C(=O)O)C(C)C)c2)CCCCN(C)C1. The van der Waals surface area contributed by atoms with Crippen LogP contribution in [-0.4, -0.2) is 71.0 Å². The summed E-state index contributed by atoms with van der Waals surface area (Å²) in [5.41, 5.74) is -1.31.